The quantitative estimate of drug-likeness (QED) is 0.0960. The van der Waals surface area contributed by atoms with Crippen LogP contribution in [0.4, 0.5) is 33.5 Å². The predicted octanol–water partition coefficient (Wildman–Crippen LogP) is 5.81. The molecule has 4 atom stereocenters. The first-order valence-corrected chi connectivity index (χ1v) is 22.4. The van der Waals surface area contributed by atoms with E-state index in [1.165, 1.54) is 16.1 Å². The number of thiazole rings is 1. The number of likely N-dealkylation sites (tertiary alicyclic amines) is 1. The van der Waals surface area contributed by atoms with E-state index in [4.69, 9.17) is 0 Å². The molecule has 2 aliphatic rings. The number of hydrogen-bond acceptors (Lipinski definition) is 12. The SMILES string of the molecule is Cc1ncsc1-c1ccc([C@H](C)NC(=O)[C@@H]2C[C@@H](O)CN2C(=O)[C@@H](NC(=O)CN2CCN(c3ccc(Nc4cc(N(C)C(=O)Nc5ccccc5)ncn4)cc3)CC2)C(C)(C)C)cc1. The maximum atomic E-state index is 14.2. The molecule has 5 N–H and O–H groups in total. The molecule has 7 rings (SSSR count). The molecule has 0 bridgehead atoms. The molecular formula is C47H57N11O5S. The fraction of sp³-hybridized carbons (Fsp3) is 0.383. The summed E-state index contributed by atoms with van der Waals surface area (Å²) in [6.07, 6.45) is 0.654. The number of amides is 5. The number of aliphatic hydroxyl groups excluding tert-OH is 1. The highest BCUT2D eigenvalue weighted by molar-refractivity contribution is 7.13. The van der Waals surface area contributed by atoms with Gasteiger partial charge in [0.25, 0.3) is 0 Å². The van der Waals surface area contributed by atoms with Crippen molar-refractivity contribution in [2.24, 2.45) is 5.41 Å². The lowest BCUT2D eigenvalue weighted by Gasteiger charge is -2.37. The van der Waals surface area contributed by atoms with Crippen LogP contribution in [0, 0.1) is 12.3 Å². The molecule has 4 heterocycles. The van der Waals surface area contributed by atoms with Gasteiger partial charge in [-0.1, -0.05) is 63.2 Å². The highest BCUT2D eigenvalue weighted by Gasteiger charge is 2.45. The summed E-state index contributed by atoms with van der Waals surface area (Å²) >= 11 is 1.58. The number of piperazine rings is 1. The minimum absolute atomic E-state index is 0.00442. The van der Waals surface area contributed by atoms with Gasteiger partial charge in [-0.3, -0.25) is 24.2 Å². The molecule has 2 aromatic heterocycles. The zero-order valence-electron chi connectivity index (χ0n) is 37.1. The topological polar surface area (TPSA) is 188 Å². The van der Waals surface area contributed by atoms with Crippen molar-refractivity contribution in [2.45, 2.75) is 65.3 Å². The van der Waals surface area contributed by atoms with Gasteiger partial charge in [0.1, 0.15) is 30.0 Å². The predicted molar refractivity (Wildman–Crippen MR) is 251 cm³/mol. The average Bonchev–Trinajstić information content (AvgIpc) is 3.90. The van der Waals surface area contributed by atoms with Crippen LogP contribution in [0.15, 0.2) is 96.8 Å². The minimum Gasteiger partial charge on any atom is -0.391 e. The molecule has 2 saturated heterocycles. The van der Waals surface area contributed by atoms with E-state index in [-0.39, 0.29) is 43.4 Å². The number of para-hydroxylation sites is 1. The Hall–Kier alpha value is -6.43. The largest absolute Gasteiger partial charge is 0.391 e. The molecule has 0 aliphatic carbocycles. The molecule has 0 spiro atoms. The van der Waals surface area contributed by atoms with Crippen LogP contribution in [0.1, 0.15) is 51.4 Å². The van der Waals surface area contributed by atoms with Crippen molar-refractivity contribution < 1.29 is 24.3 Å². The van der Waals surface area contributed by atoms with Crippen LogP contribution in [-0.4, -0.2) is 118 Å². The lowest BCUT2D eigenvalue weighted by atomic mass is 9.85. The van der Waals surface area contributed by atoms with E-state index in [0.717, 1.165) is 33.1 Å². The molecule has 336 valence electrons. The molecule has 5 amide bonds. The van der Waals surface area contributed by atoms with Gasteiger partial charge in [-0.15, -0.1) is 11.3 Å². The molecule has 5 aromatic rings. The number of rotatable bonds is 13. The maximum absolute atomic E-state index is 14.2. The summed E-state index contributed by atoms with van der Waals surface area (Å²) in [4.78, 5) is 75.5. The number of aromatic nitrogens is 3. The van der Waals surface area contributed by atoms with Gasteiger partial charge in [-0.05, 0) is 66.8 Å². The van der Waals surface area contributed by atoms with Crippen LogP contribution in [0.3, 0.4) is 0 Å². The van der Waals surface area contributed by atoms with Gasteiger partial charge in [-0.25, -0.2) is 19.7 Å². The third-order valence-corrected chi connectivity index (χ3v) is 12.6. The van der Waals surface area contributed by atoms with E-state index < -0.39 is 29.5 Å². The monoisotopic (exact) mass is 887 g/mol. The zero-order chi connectivity index (χ0) is 45.5. The second-order valence-electron chi connectivity index (χ2n) is 17.4. The Balaban J connectivity index is 0.890. The summed E-state index contributed by atoms with van der Waals surface area (Å²) in [6.45, 7) is 12.3. The lowest BCUT2D eigenvalue weighted by molar-refractivity contribution is -0.144. The van der Waals surface area contributed by atoms with E-state index >= 15 is 0 Å². The normalized spacial score (nSPS) is 17.6. The van der Waals surface area contributed by atoms with Gasteiger partial charge in [0.05, 0.1) is 34.8 Å². The Bertz CT molecular complexity index is 2400. The zero-order valence-corrected chi connectivity index (χ0v) is 37.9. The first-order valence-electron chi connectivity index (χ1n) is 21.5. The van der Waals surface area contributed by atoms with Crippen LogP contribution in [0.25, 0.3) is 10.4 Å². The third kappa shape index (κ3) is 11.2. The van der Waals surface area contributed by atoms with E-state index in [1.807, 2.05) is 119 Å². The molecule has 16 nitrogen and oxygen atoms in total. The molecule has 0 unspecified atom stereocenters. The van der Waals surface area contributed by atoms with Crippen molar-refractivity contribution in [2.75, 3.05) is 66.7 Å². The van der Waals surface area contributed by atoms with Crippen LogP contribution in [-0.2, 0) is 14.4 Å². The van der Waals surface area contributed by atoms with E-state index in [0.29, 0.717) is 43.5 Å². The van der Waals surface area contributed by atoms with Gasteiger partial charge in [0, 0.05) is 69.3 Å². The highest BCUT2D eigenvalue weighted by atomic mass is 32.1. The molecule has 3 aromatic carbocycles. The van der Waals surface area contributed by atoms with Gasteiger partial charge < -0.3 is 36.2 Å². The summed E-state index contributed by atoms with van der Waals surface area (Å²) in [5, 5.41) is 22.9. The van der Waals surface area contributed by atoms with Crippen molar-refractivity contribution in [1.82, 2.24) is 35.4 Å². The van der Waals surface area contributed by atoms with E-state index in [2.05, 4.69) is 46.0 Å². The fourth-order valence-electron chi connectivity index (χ4n) is 7.92. The molecule has 17 heteroatoms. The van der Waals surface area contributed by atoms with Gasteiger partial charge in [-0.2, -0.15) is 0 Å². The minimum atomic E-state index is -0.914. The number of carbonyl (C=O) groups is 4. The second kappa shape index (κ2) is 20.0. The van der Waals surface area contributed by atoms with Crippen molar-refractivity contribution in [3.8, 4) is 10.4 Å². The van der Waals surface area contributed by atoms with Gasteiger partial charge in [0.2, 0.25) is 17.7 Å². The number of β-amino-alcohol motifs (C(OH)–C–C–N with tert-alkyl or cyclic N) is 1. The van der Waals surface area contributed by atoms with E-state index in [9.17, 15) is 24.3 Å². The van der Waals surface area contributed by atoms with Crippen LogP contribution in [0.2, 0.25) is 0 Å². The summed E-state index contributed by atoms with van der Waals surface area (Å²) in [7, 11) is 1.64. The van der Waals surface area contributed by atoms with Crippen LogP contribution >= 0.6 is 11.3 Å². The maximum Gasteiger partial charge on any atom is 0.327 e. The Labute approximate surface area is 378 Å². The summed E-state index contributed by atoms with van der Waals surface area (Å²) in [6, 6.07) is 24.4. The molecule has 0 saturated carbocycles. The lowest BCUT2D eigenvalue weighted by Crippen LogP contribution is -2.59. The Kier molecular flexibility index (Phi) is 14.2. The number of aliphatic hydroxyl groups is 1. The van der Waals surface area contributed by atoms with Gasteiger partial charge in [0.15, 0.2) is 0 Å². The Morgan fingerprint density at radius 2 is 1.59 bits per heavy atom. The number of benzene rings is 3. The number of aryl methyl sites for hydroxylation is 1. The first-order chi connectivity index (χ1) is 30.6. The summed E-state index contributed by atoms with van der Waals surface area (Å²) in [5.41, 5.74) is 6.62. The first kappa shape index (κ1) is 45.6. The number of anilines is 5. The van der Waals surface area contributed by atoms with Crippen LogP contribution < -0.4 is 31.1 Å². The molecule has 64 heavy (non-hydrogen) atoms. The van der Waals surface area contributed by atoms with Crippen molar-refractivity contribution in [3.05, 3.63) is 108 Å². The number of nitrogens with one attached hydrogen (secondary N) is 4. The third-order valence-electron chi connectivity index (χ3n) is 11.6. The van der Waals surface area contributed by atoms with Crippen molar-refractivity contribution >= 4 is 63.8 Å². The number of carbonyl (C=O) groups excluding carboxylic acids is 4. The average molecular weight is 888 g/mol. The molecular weight excluding hydrogens is 831 g/mol. The highest BCUT2D eigenvalue weighted by Crippen LogP contribution is 2.30. The number of urea groups is 1. The smallest absolute Gasteiger partial charge is 0.327 e. The Morgan fingerprint density at radius 3 is 2.25 bits per heavy atom. The summed E-state index contributed by atoms with van der Waals surface area (Å²) < 4.78 is 0. The molecule has 2 fully saturated rings. The number of hydrogen-bond donors (Lipinski definition) is 5. The van der Waals surface area contributed by atoms with Gasteiger partial charge >= 0.3 is 6.03 Å². The standard InChI is InChI=1S/C47H57N11O5S/c1-30(32-12-14-33(15-13-32)42-31(2)50-29-64-42)51-44(61)38-24-37(59)26-58(38)45(62)43(47(3,4)5)54-41(60)27-56-20-22-57(23-21-56)36-18-16-35(17-19-36)52-39-25-40(49-28-48-39)55(6)46(63)53-34-10-8-7-9-11-34/h7-19,25,28-30,37-38,43,59H,20-24,26-27H2,1-6H3,(H,51,61)(H,53,63)(H,54,60)(H,48,49,52)/t30-,37+,38-,43+/m0/s1. The van der Waals surface area contributed by atoms with E-state index in [1.54, 1.807) is 24.5 Å². The van der Waals surface area contributed by atoms with Crippen LogP contribution in [0.5, 0.6) is 0 Å². The fourth-order valence-corrected chi connectivity index (χ4v) is 8.74. The van der Waals surface area contributed by atoms with Crippen molar-refractivity contribution in [3.63, 3.8) is 0 Å². The summed E-state index contributed by atoms with van der Waals surface area (Å²) in [5.74, 6) is -0.0531. The second-order valence-corrected chi connectivity index (χ2v) is 18.3. The number of nitrogens with zero attached hydrogens (tertiary/aromatic N) is 7. The Morgan fingerprint density at radius 1 is 0.891 bits per heavy atom. The molecule has 2 aliphatic heterocycles. The molecule has 0 radical (unpaired) electrons. The van der Waals surface area contributed by atoms with Crippen molar-refractivity contribution in [1.29, 1.82) is 0 Å².